The molecule has 0 aliphatic heterocycles. The van der Waals surface area contributed by atoms with Crippen molar-refractivity contribution in [2.75, 3.05) is 11.5 Å². The summed E-state index contributed by atoms with van der Waals surface area (Å²) in [6.07, 6.45) is 3.21. The highest BCUT2D eigenvalue weighted by atomic mass is 32.2. The van der Waals surface area contributed by atoms with Crippen molar-refractivity contribution in [1.29, 1.82) is 0 Å². The van der Waals surface area contributed by atoms with Crippen LogP contribution in [0.3, 0.4) is 0 Å². The molecule has 0 fully saturated rings. The minimum absolute atomic E-state index is 0.0509. The van der Waals surface area contributed by atoms with Crippen LogP contribution < -0.4 is 5.73 Å². The van der Waals surface area contributed by atoms with E-state index in [1.165, 1.54) is 5.56 Å². The molecule has 90 valence electrons. The third-order valence-corrected chi connectivity index (χ3v) is 4.02. The van der Waals surface area contributed by atoms with Gasteiger partial charge in [-0.2, -0.15) is 0 Å². The van der Waals surface area contributed by atoms with Gasteiger partial charge in [-0.1, -0.05) is 30.3 Å². The molecular weight excluding hydrogens is 218 g/mol. The highest BCUT2D eigenvalue weighted by Gasteiger charge is 2.02. The van der Waals surface area contributed by atoms with Crippen molar-refractivity contribution in [3.05, 3.63) is 35.9 Å². The van der Waals surface area contributed by atoms with Gasteiger partial charge in [-0.05, 0) is 31.7 Å². The Labute approximate surface area is 101 Å². The second kappa shape index (κ2) is 7.58. The van der Waals surface area contributed by atoms with Gasteiger partial charge in [0.2, 0.25) is 0 Å². The number of rotatable bonds is 7. The summed E-state index contributed by atoms with van der Waals surface area (Å²) in [4.78, 5) is 0. The van der Waals surface area contributed by atoms with Crippen LogP contribution in [-0.4, -0.2) is 21.8 Å². The first-order valence-corrected chi connectivity index (χ1v) is 7.32. The first-order valence-electron chi connectivity index (χ1n) is 5.83. The van der Waals surface area contributed by atoms with Crippen molar-refractivity contribution in [2.45, 2.75) is 32.2 Å². The molecule has 3 heteroatoms. The molecule has 0 aliphatic carbocycles. The Kier molecular flexibility index (Phi) is 6.34. The second-order valence-corrected chi connectivity index (χ2v) is 5.85. The van der Waals surface area contributed by atoms with Gasteiger partial charge in [0.25, 0.3) is 0 Å². The van der Waals surface area contributed by atoms with E-state index in [1.807, 2.05) is 13.0 Å². The molecule has 2 atom stereocenters. The van der Waals surface area contributed by atoms with Gasteiger partial charge in [-0.15, -0.1) is 0 Å². The largest absolute Gasteiger partial charge is 0.327 e. The number of benzene rings is 1. The molecule has 2 N–H and O–H groups in total. The van der Waals surface area contributed by atoms with E-state index in [9.17, 15) is 4.21 Å². The predicted octanol–water partition coefficient (Wildman–Crippen LogP) is 2.11. The van der Waals surface area contributed by atoms with Crippen molar-refractivity contribution in [3.8, 4) is 0 Å². The molecule has 1 aromatic carbocycles. The molecule has 0 bridgehead atoms. The van der Waals surface area contributed by atoms with Crippen molar-refractivity contribution in [3.63, 3.8) is 0 Å². The second-order valence-electron chi connectivity index (χ2n) is 4.23. The first-order chi connectivity index (χ1) is 7.68. The summed E-state index contributed by atoms with van der Waals surface area (Å²) in [6, 6.07) is 10.5. The van der Waals surface area contributed by atoms with E-state index < -0.39 is 10.8 Å². The van der Waals surface area contributed by atoms with Crippen molar-refractivity contribution in [2.24, 2.45) is 5.73 Å². The maximum absolute atomic E-state index is 11.5. The van der Waals surface area contributed by atoms with E-state index in [0.717, 1.165) is 25.0 Å². The number of unbranched alkanes of at least 4 members (excludes halogenated alkanes) is 1. The summed E-state index contributed by atoms with van der Waals surface area (Å²) >= 11 is 0. The fourth-order valence-electron chi connectivity index (χ4n) is 1.61. The van der Waals surface area contributed by atoms with Crippen molar-refractivity contribution < 1.29 is 4.21 Å². The van der Waals surface area contributed by atoms with Gasteiger partial charge in [-0.3, -0.25) is 4.21 Å². The number of hydrogen-bond donors (Lipinski definition) is 1. The topological polar surface area (TPSA) is 43.1 Å². The first kappa shape index (κ1) is 13.4. The van der Waals surface area contributed by atoms with Crippen LogP contribution in [0, 0.1) is 0 Å². The van der Waals surface area contributed by atoms with Crippen LogP contribution >= 0.6 is 0 Å². The van der Waals surface area contributed by atoms with E-state index in [-0.39, 0.29) is 6.04 Å². The number of aryl methyl sites for hydroxylation is 1. The van der Waals surface area contributed by atoms with Gasteiger partial charge in [0.1, 0.15) is 0 Å². The summed E-state index contributed by atoms with van der Waals surface area (Å²) < 4.78 is 11.5. The molecule has 0 saturated heterocycles. The molecule has 2 unspecified atom stereocenters. The van der Waals surface area contributed by atoms with E-state index in [1.54, 1.807) is 0 Å². The standard InChI is InChI=1S/C13H21NOS/c1-12(14)11-16(15)10-6-5-9-13-7-3-2-4-8-13/h2-4,7-8,12H,5-6,9-11,14H2,1H3. The lowest BCUT2D eigenvalue weighted by Crippen LogP contribution is -2.24. The number of hydrogen-bond acceptors (Lipinski definition) is 2. The molecule has 16 heavy (non-hydrogen) atoms. The normalized spacial score (nSPS) is 14.6. The summed E-state index contributed by atoms with van der Waals surface area (Å²) in [5.41, 5.74) is 6.96. The summed E-state index contributed by atoms with van der Waals surface area (Å²) in [5.74, 6) is 1.42. The maximum atomic E-state index is 11.5. The van der Waals surface area contributed by atoms with Crippen LogP contribution in [0.25, 0.3) is 0 Å². The smallest absolute Gasteiger partial charge is 0.0383 e. The molecule has 0 amide bonds. The molecule has 0 aliphatic rings. The van der Waals surface area contributed by atoms with Crippen molar-refractivity contribution >= 4 is 10.8 Å². The monoisotopic (exact) mass is 239 g/mol. The van der Waals surface area contributed by atoms with Gasteiger partial charge < -0.3 is 5.73 Å². The third-order valence-electron chi connectivity index (χ3n) is 2.38. The zero-order valence-electron chi connectivity index (χ0n) is 9.89. The van der Waals surface area contributed by atoms with E-state index >= 15 is 0 Å². The van der Waals surface area contributed by atoms with E-state index in [4.69, 9.17) is 5.73 Å². The molecule has 0 heterocycles. The maximum Gasteiger partial charge on any atom is 0.0383 e. The zero-order chi connectivity index (χ0) is 11.8. The quantitative estimate of drug-likeness (QED) is 0.741. The van der Waals surface area contributed by atoms with Crippen LogP contribution in [0.2, 0.25) is 0 Å². The van der Waals surface area contributed by atoms with Crippen LogP contribution in [-0.2, 0) is 17.2 Å². The minimum atomic E-state index is -0.733. The Morgan fingerprint density at radius 2 is 1.94 bits per heavy atom. The average Bonchev–Trinajstić information content (AvgIpc) is 2.25. The molecule has 0 radical (unpaired) electrons. The lowest BCUT2D eigenvalue weighted by atomic mass is 10.1. The number of nitrogens with two attached hydrogens (primary N) is 1. The molecular formula is C13H21NOS. The van der Waals surface area contributed by atoms with Crippen LogP contribution in [0.1, 0.15) is 25.3 Å². The molecule has 1 rings (SSSR count). The summed E-state index contributed by atoms with van der Waals surface area (Å²) in [6.45, 7) is 1.90. The van der Waals surface area contributed by atoms with Gasteiger partial charge in [-0.25, -0.2) is 0 Å². The van der Waals surface area contributed by atoms with Crippen LogP contribution in [0.4, 0.5) is 0 Å². The Morgan fingerprint density at radius 3 is 2.56 bits per heavy atom. The Hall–Kier alpha value is -0.670. The third kappa shape index (κ3) is 6.03. The lowest BCUT2D eigenvalue weighted by Gasteiger charge is -2.05. The SMILES string of the molecule is CC(N)CS(=O)CCCCc1ccccc1. The predicted molar refractivity (Wildman–Crippen MR) is 70.9 cm³/mol. The average molecular weight is 239 g/mol. The van der Waals surface area contributed by atoms with Gasteiger partial charge in [0, 0.05) is 28.3 Å². The summed E-state index contributed by atoms with van der Waals surface area (Å²) in [5, 5.41) is 0. The van der Waals surface area contributed by atoms with Crippen LogP contribution in [0.15, 0.2) is 30.3 Å². The summed E-state index contributed by atoms with van der Waals surface area (Å²) in [7, 11) is -0.733. The van der Waals surface area contributed by atoms with Crippen molar-refractivity contribution in [1.82, 2.24) is 0 Å². The Bertz CT molecular complexity index is 311. The van der Waals surface area contributed by atoms with E-state index in [2.05, 4.69) is 24.3 Å². The Balaban J connectivity index is 2.10. The highest BCUT2D eigenvalue weighted by molar-refractivity contribution is 7.85. The lowest BCUT2D eigenvalue weighted by molar-refractivity contribution is 0.671. The van der Waals surface area contributed by atoms with Gasteiger partial charge in [0.15, 0.2) is 0 Å². The fourth-order valence-corrected chi connectivity index (χ4v) is 2.89. The molecule has 2 nitrogen and oxygen atoms in total. The molecule has 1 aromatic rings. The minimum Gasteiger partial charge on any atom is -0.327 e. The van der Waals surface area contributed by atoms with Gasteiger partial charge >= 0.3 is 0 Å². The zero-order valence-corrected chi connectivity index (χ0v) is 10.7. The molecule has 0 aromatic heterocycles. The van der Waals surface area contributed by atoms with E-state index in [0.29, 0.717) is 5.75 Å². The van der Waals surface area contributed by atoms with Crippen LogP contribution in [0.5, 0.6) is 0 Å². The fraction of sp³-hybridized carbons (Fsp3) is 0.538. The highest BCUT2D eigenvalue weighted by Crippen LogP contribution is 2.05. The Morgan fingerprint density at radius 1 is 1.25 bits per heavy atom. The molecule has 0 saturated carbocycles. The van der Waals surface area contributed by atoms with Gasteiger partial charge in [0.05, 0.1) is 0 Å². The molecule has 0 spiro atoms.